The minimum absolute atomic E-state index is 0.255. The molecule has 1 saturated carbocycles. The molecule has 0 N–H and O–H groups in total. The van der Waals surface area contributed by atoms with Crippen molar-refractivity contribution in [3.8, 4) is 6.07 Å². The molecule has 0 aromatic heterocycles. The maximum atomic E-state index is 13.7. The molecule has 0 bridgehead atoms. The van der Waals surface area contributed by atoms with Crippen LogP contribution in [-0.4, -0.2) is 0 Å². The molecule has 1 aliphatic carbocycles. The molecule has 0 unspecified atom stereocenters. The summed E-state index contributed by atoms with van der Waals surface area (Å²) in [5.41, 5.74) is 0.185. The fourth-order valence-electron chi connectivity index (χ4n) is 2.60. The molecule has 0 heterocycles. The quantitative estimate of drug-likeness (QED) is 0.759. The zero-order valence-corrected chi connectivity index (χ0v) is 10.4. The first-order chi connectivity index (χ1) is 8.15. The van der Waals surface area contributed by atoms with Crippen LogP contribution in [0, 0.1) is 22.6 Å². The number of nitrogens with zero attached hydrogens (tertiary/aromatic N) is 1. The van der Waals surface area contributed by atoms with Gasteiger partial charge in [-0.1, -0.05) is 30.9 Å². The molecule has 0 aliphatic heterocycles. The van der Waals surface area contributed by atoms with E-state index in [1.165, 1.54) is 12.5 Å². The molecule has 3 heteroatoms. The van der Waals surface area contributed by atoms with E-state index in [4.69, 9.17) is 11.6 Å². The predicted molar refractivity (Wildman–Crippen MR) is 66.2 cm³/mol. The van der Waals surface area contributed by atoms with Gasteiger partial charge in [0.1, 0.15) is 5.82 Å². The molecule has 1 fully saturated rings. The highest BCUT2D eigenvalue weighted by atomic mass is 35.5. The van der Waals surface area contributed by atoms with Gasteiger partial charge in [0.2, 0.25) is 0 Å². The Hall–Kier alpha value is -1.07. The van der Waals surface area contributed by atoms with Crippen LogP contribution in [0.4, 0.5) is 4.39 Å². The summed E-state index contributed by atoms with van der Waals surface area (Å²) in [4.78, 5) is 0. The Balaban J connectivity index is 2.23. The third kappa shape index (κ3) is 2.79. The highest BCUT2D eigenvalue weighted by molar-refractivity contribution is 6.30. The normalized spacial score (nSPS) is 18.6. The van der Waals surface area contributed by atoms with Crippen LogP contribution in [0.15, 0.2) is 18.2 Å². The monoisotopic (exact) mass is 251 g/mol. The molecule has 1 aromatic rings. The minimum atomic E-state index is -0.385. The summed E-state index contributed by atoms with van der Waals surface area (Å²) in [6, 6.07) is 6.97. The van der Waals surface area contributed by atoms with Gasteiger partial charge in [0.05, 0.1) is 11.5 Å². The Labute approximate surface area is 106 Å². The zero-order chi connectivity index (χ0) is 12.3. The van der Waals surface area contributed by atoms with Crippen molar-refractivity contribution in [2.75, 3.05) is 0 Å². The summed E-state index contributed by atoms with van der Waals surface area (Å²) in [5.74, 6) is -0.255. The Morgan fingerprint density at radius 3 is 2.65 bits per heavy atom. The molecule has 0 saturated heterocycles. The summed E-state index contributed by atoms with van der Waals surface area (Å²) in [6.07, 6.45) is 5.54. The summed E-state index contributed by atoms with van der Waals surface area (Å²) >= 11 is 5.87. The first-order valence-electron chi connectivity index (χ1n) is 6.00. The Morgan fingerprint density at radius 2 is 2.00 bits per heavy atom. The van der Waals surface area contributed by atoms with Crippen molar-refractivity contribution in [2.45, 2.75) is 38.5 Å². The van der Waals surface area contributed by atoms with E-state index >= 15 is 0 Å². The van der Waals surface area contributed by atoms with Crippen molar-refractivity contribution < 1.29 is 4.39 Å². The van der Waals surface area contributed by atoms with Crippen LogP contribution in [0.1, 0.15) is 37.7 Å². The maximum absolute atomic E-state index is 13.7. The van der Waals surface area contributed by atoms with Crippen molar-refractivity contribution in [3.05, 3.63) is 34.6 Å². The highest BCUT2D eigenvalue weighted by Crippen LogP contribution is 2.39. The molecule has 1 nitrogen and oxygen atoms in total. The average Bonchev–Trinajstić information content (AvgIpc) is 2.35. The minimum Gasteiger partial charge on any atom is -0.207 e. The van der Waals surface area contributed by atoms with E-state index in [1.807, 2.05) is 0 Å². The fourth-order valence-corrected chi connectivity index (χ4v) is 2.79. The van der Waals surface area contributed by atoms with Gasteiger partial charge in [-0.05, 0) is 43.0 Å². The number of benzene rings is 1. The second-order valence-corrected chi connectivity index (χ2v) is 5.30. The third-order valence-electron chi connectivity index (χ3n) is 3.58. The molecule has 2 rings (SSSR count). The Kier molecular flexibility index (Phi) is 3.69. The first-order valence-corrected chi connectivity index (χ1v) is 6.38. The second kappa shape index (κ2) is 5.06. The van der Waals surface area contributed by atoms with Crippen LogP contribution in [0.5, 0.6) is 0 Å². The predicted octanol–water partition coefficient (Wildman–Crippen LogP) is 4.50. The number of rotatable bonds is 2. The largest absolute Gasteiger partial charge is 0.207 e. The van der Waals surface area contributed by atoms with Gasteiger partial charge in [-0.25, -0.2) is 4.39 Å². The van der Waals surface area contributed by atoms with Crippen molar-refractivity contribution >= 4 is 11.6 Å². The van der Waals surface area contributed by atoms with Gasteiger partial charge in [0, 0.05) is 5.02 Å². The topological polar surface area (TPSA) is 23.8 Å². The van der Waals surface area contributed by atoms with Gasteiger partial charge in [0.15, 0.2) is 0 Å². The molecule has 0 amide bonds. The van der Waals surface area contributed by atoms with E-state index in [-0.39, 0.29) is 11.2 Å². The SMILES string of the molecule is N#CC1(Cc2cc(Cl)ccc2F)CCCCC1. The van der Waals surface area contributed by atoms with E-state index in [9.17, 15) is 9.65 Å². The van der Waals surface area contributed by atoms with Crippen molar-refractivity contribution in [1.29, 1.82) is 5.26 Å². The molecule has 1 aliphatic rings. The van der Waals surface area contributed by atoms with Crippen molar-refractivity contribution in [2.24, 2.45) is 5.41 Å². The maximum Gasteiger partial charge on any atom is 0.126 e. The summed E-state index contributed by atoms with van der Waals surface area (Å²) < 4.78 is 13.7. The van der Waals surface area contributed by atoms with Gasteiger partial charge in [0.25, 0.3) is 0 Å². The lowest BCUT2D eigenvalue weighted by Gasteiger charge is -2.30. The van der Waals surface area contributed by atoms with Gasteiger partial charge in [-0.3, -0.25) is 0 Å². The molecule has 0 atom stereocenters. The standard InChI is InChI=1S/C14H15ClFN/c15-12-4-5-13(16)11(8-12)9-14(10-17)6-2-1-3-7-14/h4-5,8H,1-3,6-7,9H2. The lowest BCUT2D eigenvalue weighted by molar-refractivity contribution is 0.263. The number of halogens is 2. The van der Waals surface area contributed by atoms with Gasteiger partial charge in [-0.2, -0.15) is 5.26 Å². The molecule has 90 valence electrons. The highest BCUT2D eigenvalue weighted by Gasteiger charge is 2.33. The van der Waals surface area contributed by atoms with Gasteiger partial charge < -0.3 is 0 Å². The molecular formula is C14H15ClFN. The number of hydrogen-bond donors (Lipinski definition) is 0. The van der Waals surface area contributed by atoms with Gasteiger partial charge >= 0.3 is 0 Å². The summed E-state index contributed by atoms with van der Waals surface area (Å²) in [6.45, 7) is 0. The zero-order valence-electron chi connectivity index (χ0n) is 9.68. The molecule has 0 radical (unpaired) electrons. The van der Waals surface area contributed by atoms with Crippen LogP contribution >= 0.6 is 11.6 Å². The first kappa shape index (κ1) is 12.4. The number of nitriles is 1. The summed E-state index contributed by atoms with van der Waals surface area (Å²) in [7, 11) is 0. The van der Waals surface area contributed by atoms with Crippen LogP contribution in [-0.2, 0) is 6.42 Å². The van der Waals surface area contributed by atoms with Crippen LogP contribution in [0.25, 0.3) is 0 Å². The molecule has 1 aromatic carbocycles. The third-order valence-corrected chi connectivity index (χ3v) is 3.82. The molecule has 0 spiro atoms. The molecular weight excluding hydrogens is 237 g/mol. The Morgan fingerprint density at radius 1 is 1.29 bits per heavy atom. The molecule has 17 heavy (non-hydrogen) atoms. The van der Waals surface area contributed by atoms with Gasteiger partial charge in [-0.15, -0.1) is 0 Å². The van der Waals surface area contributed by atoms with E-state index in [2.05, 4.69) is 6.07 Å². The van der Waals surface area contributed by atoms with E-state index in [0.29, 0.717) is 17.0 Å². The number of hydrogen-bond acceptors (Lipinski definition) is 1. The van der Waals surface area contributed by atoms with Crippen LogP contribution in [0.3, 0.4) is 0 Å². The lowest BCUT2D eigenvalue weighted by Crippen LogP contribution is -2.25. The van der Waals surface area contributed by atoms with Crippen LogP contribution in [0.2, 0.25) is 5.02 Å². The smallest absolute Gasteiger partial charge is 0.126 e. The second-order valence-electron chi connectivity index (χ2n) is 4.87. The van der Waals surface area contributed by atoms with Crippen molar-refractivity contribution in [3.63, 3.8) is 0 Å². The summed E-state index contributed by atoms with van der Waals surface area (Å²) in [5, 5.41) is 9.89. The van der Waals surface area contributed by atoms with Crippen molar-refractivity contribution in [1.82, 2.24) is 0 Å². The van der Waals surface area contributed by atoms with E-state index < -0.39 is 0 Å². The fraction of sp³-hybridized carbons (Fsp3) is 0.500. The average molecular weight is 252 g/mol. The van der Waals surface area contributed by atoms with E-state index in [0.717, 1.165) is 25.7 Å². The van der Waals surface area contributed by atoms with E-state index in [1.54, 1.807) is 12.1 Å². The lowest BCUT2D eigenvalue weighted by atomic mass is 9.71. The Bertz CT molecular complexity index is 444. The van der Waals surface area contributed by atoms with Crippen LogP contribution < -0.4 is 0 Å².